The van der Waals surface area contributed by atoms with Gasteiger partial charge in [-0.2, -0.15) is 0 Å². The Labute approximate surface area is 133 Å². The number of hydrogen-bond acceptors (Lipinski definition) is 6. The highest BCUT2D eigenvalue weighted by molar-refractivity contribution is 5.91. The second kappa shape index (κ2) is 5.81. The Hall–Kier alpha value is -2.73. The predicted octanol–water partition coefficient (Wildman–Crippen LogP) is 2.11. The minimum Gasteiger partial charge on any atom is -0.383 e. The van der Waals surface area contributed by atoms with Crippen molar-refractivity contribution in [3.63, 3.8) is 0 Å². The molecular formula is C17H17N5O. The molecular weight excluding hydrogens is 290 g/mol. The number of benzene rings is 1. The lowest BCUT2D eigenvalue weighted by molar-refractivity contribution is 0.122. The molecule has 2 aromatic heterocycles. The molecule has 1 aliphatic heterocycles. The Morgan fingerprint density at radius 1 is 1.00 bits per heavy atom. The predicted molar refractivity (Wildman–Crippen MR) is 90.2 cm³/mol. The average molecular weight is 307 g/mol. The molecule has 6 heteroatoms. The first kappa shape index (κ1) is 13.9. The maximum Gasteiger partial charge on any atom is 0.134 e. The number of aromatic nitrogens is 3. The van der Waals surface area contributed by atoms with E-state index in [1.807, 2.05) is 30.6 Å². The molecule has 0 atom stereocenters. The molecule has 1 aromatic carbocycles. The summed E-state index contributed by atoms with van der Waals surface area (Å²) in [6.45, 7) is 3.30. The average Bonchev–Trinajstić information content (AvgIpc) is 2.63. The summed E-state index contributed by atoms with van der Waals surface area (Å²) in [5.74, 6) is 0.495. The molecule has 116 valence electrons. The number of rotatable bonds is 2. The normalized spacial score (nSPS) is 15.0. The largest absolute Gasteiger partial charge is 0.383 e. The fraction of sp³-hybridized carbons (Fsp3) is 0.235. The topological polar surface area (TPSA) is 77.2 Å². The smallest absolute Gasteiger partial charge is 0.134 e. The van der Waals surface area contributed by atoms with Gasteiger partial charge in [-0.25, -0.2) is 9.97 Å². The Morgan fingerprint density at radius 3 is 2.74 bits per heavy atom. The van der Waals surface area contributed by atoms with Gasteiger partial charge in [0.1, 0.15) is 12.1 Å². The third-order valence-electron chi connectivity index (χ3n) is 4.10. The maximum atomic E-state index is 5.96. The lowest BCUT2D eigenvalue weighted by Crippen LogP contribution is -2.36. The van der Waals surface area contributed by atoms with E-state index >= 15 is 0 Å². The standard InChI is InChI=1S/C17H17N5O/c18-17-15-8-12(1-2-16(15)20-11-21-17)13-7-14(10-19-9-13)22-3-5-23-6-4-22/h1-2,7-11H,3-6H2,(H2,18,20,21). The zero-order valence-electron chi connectivity index (χ0n) is 12.6. The van der Waals surface area contributed by atoms with Gasteiger partial charge in [0, 0.05) is 30.2 Å². The Kier molecular flexibility index (Phi) is 3.51. The summed E-state index contributed by atoms with van der Waals surface area (Å²) in [6, 6.07) is 8.17. The third kappa shape index (κ3) is 2.68. The van der Waals surface area contributed by atoms with Crippen LogP contribution in [0.25, 0.3) is 22.0 Å². The molecule has 3 heterocycles. The van der Waals surface area contributed by atoms with E-state index in [9.17, 15) is 0 Å². The van der Waals surface area contributed by atoms with Crippen LogP contribution in [0.15, 0.2) is 43.0 Å². The van der Waals surface area contributed by atoms with Crippen LogP contribution in [0.5, 0.6) is 0 Å². The fourth-order valence-electron chi connectivity index (χ4n) is 2.84. The summed E-state index contributed by atoms with van der Waals surface area (Å²) in [6.07, 6.45) is 5.25. The van der Waals surface area contributed by atoms with Gasteiger partial charge < -0.3 is 15.4 Å². The van der Waals surface area contributed by atoms with Crippen LogP contribution in [0.4, 0.5) is 11.5 Å². The van der Waals surface area contributed by atoms with E-state index in [4.69, 9.17) is 10.5 Å². The van der Waals surface area contributed by atoms with Crippen molar-refractivity contribution in [1.82, 2.24) is 15.0 Å². The molecule has 0 bridgehead atoms. The molecule has 0 radical (unpaired) electrons. The molecule has 0 spiro atoms. The molecule has 1 fully saturated rings. The molecule has 0 aliphatic carbocycles. The highest BCUT2D eigenvalue weighted by Crippen LogP contribution is 2.28. The zero-order valence-corrected chi connectivity index (χ0v) is 12.6. The number of anilines is 2. The minimum atomic E-state index is 0.495. The van der Waals surface area contributed by atoms with Crippen LogP contribution in [0.3, 0.4) is 0 Å². The van der Waals surface area contributed by atoms with Gasteiger partial charge in [-0.1, -0.05) is 6.07 Å². The van der Waals surface area contributed by atoms with Crippen molar-refractivity contribution < 1.29 is 4.74 Å². The fourth-order valence-corrected chi connectivity index (χ4v) is 2.84. The Bertz CT molecular complexity index is 845. The van der Waals surface area contributed by atoms with Crippen molar-refractivity contribution in [3.8, 4) is 11.1 Å². The molecule has 23 heavy (non-hydrogen) atoms. The van der Waals surface area contributed by atoms with Crippen molar-refractivity contribution in [2.75, 3.05) is 36.9 Å². The number of fused-ring (bicyclic) bond motifs is 1. The van der Waals surface area contributed by atoms with Gasteiger partial charge in [0.05, 0.1) is 30.6 Å². The van der Waals surface area contributed by atoms with Crippen molar-refractivity contribution in [3.05, 3.63) is 43.0 Å². The van der Waals surface area contributed by atoms with Crippen molar-refractivity contribution in [2.45, 2.75) is 0 Å². The van der Waals surface area contributed by atoms with Gasteiger partial charge in [0.25, 0.3) is 0 Å². The number of nitrogen functional groups attached to an aromatic ring is 1. The van der Waals surface area contributed by atoms with Gasteiger partial charge in [-0.05, 0) is 23.8 Å². The molecule has 0 unspecified atom stereocenters. The van der Waals surface area contributed by atoms with E-state index in [1.54, 1.807) is 0 Å². The van der Waals surface area contributed by atoms with Gasteiger partial charge in [0.15, 0.2) is 0 Å². The first-order valence-corrected chi connectivity index (χ1v) is 7.59. The number of morpholine rings is 1. The lowest BCUT2D eigenvalue weighted by atomic mass is 10.0. The summed E-state index contributed by atoms with van der Waals surface area (Å²) >= 11 is 0. The summed E-state index contributed by atoms with van der Waals surface area (Å²) in [5, 5.41) is 0.863. The van der Waals surface area contributed by atoms with Gasteiger partial charge in [-0.15, -0.1) is 0 Å². The molecule has 0 saturated carbocycles. The van der Waals surface area contributed by atoms with Crippen molar-refractivity contribution >= 4 is 22.4 Å². The highest BCUT2D eigenvalue weighted by Gasteiger charge is 2.12. The number of nitrogens with zero attached hydrogens (tertiary/aromatic N) is 4. The Morgan fingerprint density at radius 2 is 1.87 bits per heavy atom. The van der Waals surface area contributed by atoms with E-state index in [-0.39, 0.29) is 0 Å². The third-order valence-corrected chi connectivity index (χ3v) is 4.10. The molecule has 1 saturated heterocycles. The number of pyridine rings is 1. The van der Waals surface area contributed by atoms with E-state index in [0.717, 1.165) is 54.0 Å². The molecule has 6 nitrogen and oxygen atoms in total. The second-order valence-corrected chi connectivity index (χ2v) is 5.52. The van der Waals surface area contributed by atoms with Crippen LogP contribution in [-0.4, -0.2) is 41.3 Å². The summed E-state index contributed by atoms with van der Waals surface area (Å²) < 4.78 is 5.41. The number of ether oxygens (including phenoxy) is 1. The number of nitrogens with two attached hydrogens (primary N) is 1. The van der Waals surface area contributed by atoms with E-state index in [0.29, 0.717) is 5.82 Å². The van der Waals surface area contributed by atoms with Crippen LogP contribution >= 0.6 is 0 Å². The van der Waals surface area contributed by atoms with Crippen LogP contribution in [-0.2, 0) is 4.74 Å². The Balaban J connectivity index is 1.74. The monoisotopic (exact) mass is 307 g/mol. The van der Waals surface area contributed by atoms with Crippen LogP contribution in [0.1, 0.15) is 0 Å². The van der Waals surface area contributed by atoms with Gasteiger partial charge in [-0.3, -0.25) is 4.98 Å². The van der Waals surface area contributed by atoms with E-state index in [2.05, 4.69) is 25.9 Å². The maximum absolute atomic E-state index is 5.96. The van der Waals surface area contributed by atoms with Crippen LogP contribution in [0, 0.1) is 0 Å². The highest BCUT2D eigenvalue weighted by atomic mass is 16.5. The molecule has 3 aromatic rings. The van der Waals surface area contributed by atoms with Crippen molar-refractivity contribution in [1.29, 1.82) is 0 Å². The molecule has 2 N–H and O–H groups in total. The molecule has 1 aliphatic rings. The van der Waals surface area contributed by atoms with Crippen LogP contribution < -0.4 is 10.6 Å². The summed E-state index contributed by atoms with van der Waals surface area (Å²) in [5.41, 5.74) is 10.0. The first-order valence-electron chi connectivity index (χ1n) is 7.59. The SMILES string of the molecule is Nc1ncnc2ccc(-c3cncc(N4CCOCC4)c3)cc12. The molecule has 0 amide bonds. The lowest BCUT2D eigenvalue weighted by Gasteiger charge is -2.28. The molecule has 4 rings (SSSR count). The minimum absolute atomic E-state index is 0.495. The van der Waals surface area contributed by atoms with E-state index in [1.165, 1.54) is 6.33 Å². The van der Waals surface area contributed by atoms with Gasteiger partial charge in [0.2, 0.25) is 0 Å². The zero-order chi connectivity index (χ0) is 15.6. The first-order chi connectivity index (χ1) is 11.3. The summed E-state index contributed by atoms with van der Waals surface area (Å²) in [7, 11) is 0. The van der Waals surface area contributed by atoms with Crippen molar-refractivity contribution in [2.24, 2.45) is 0 Å². The second-order valence-electron chi connectivity index (χ2n) is 5.52. The van der Waals surface area contributed by atoms with Gasteiger partial charge >= 0.3 is 0 Å². The van der Waals surface area contributed by atoms with Crippen LogP contribution in [0.2, 0.25) is 0 Å². The summed E-state index contributed by atoms with van der Waals surface area (Å²) in [4.78, 5) is 15.0. The number of hydrogen-bond donors (Lipinski definition) is 1. The van der Waals surface area contributed by atoms with E-state index < -0.39 is 0 Å². The quantitative estimate of drug-likeness (QED) is 0.781.